The number of thioether (sulfide) groups is 1. The quantitative estimate of drug-likeness (QED) is 0.331. The normalized spacial score (nSPS) is 11.0. The van der Waals surface area contributed by atoms with E-state index in [0.29, 0.717) is 32.3 Å². The van der Waals surface area contributed by atoms with Crippen LogP contribution in [0.2, 0.25) is 10.0 Å². The van der Waals surface area contributed by atoms with Crippen molar-refractivity contribution < 1.29 is 4.39 Å². The van der Waals surface area contributed by atoms with Gasteiger partial charge in [0.05, 0.1) is 5.56 Å². The number of halogens is 3. The first-order chi connectivity index (χ1) is 13.6. The Hall–Kier alpha value is -2.34. The molecule has 0 fully saturated rings. The molecule has 0 saturated carbocycles. The predicted octanol–water partition coefficient (Wildman–Crippen LogP) is 6.67. The van der Waals surface area contributed by atoms with Crippen molar-refractivity contribution in [2.45, 2.75) is 10.9 Å². The summed E-state index contributed by atoms with van der Waals surface area (Å²) in [5.74, 6) is 0.691. The first-order valence-electron chi connectivity index (χ1n) is 8.46. The van der Waals surface area contributed by atoms with Crippen LogP contribution in [0.25, 0.3) is 17.1 Å². The van der Waals surface area contributed by atoms with Crippen LogP contribution >= 0.6 is 35.0 Å². The molecule has 4 aromatic rings. The van der Waals surface area contributed by atoms with Gasteiger partial charge in [0, 0.05) is 21.5 Å². The lowest BCUT2D eigenvalue weighted by Crippen LogP contribution is -2.00. The van der Waals surface area contributed by atoms with E-state index in [0.717, 1.165) is 11.3 Å². The summed E-state index contributed by atoms with van der Waals surface area (Å²) in [5.41, 5.74) is 2.19. The van der Waals surface area contributed by atoms with E-state index in [1.165, 1.54) is 17.8 Å². The van der Waals surface area contributed by atoms with Crippen molar-refractivity contribution in [2.24, 2.45) is 0 Å². The van der Waals surface area contributed by atoms with Crippen LogP contribution in [0, 0.1) is 5.82 Å². The minimum atomic E-state index is -0.343. The fourth-order valence-corrected chi connectivity index (χ4v) is 4.28. The van der Waals surface area contributed by atoms with Crippen molar-refractivity contribution in [3.63, 3.8) is 0 Å². The number of aromatic nitrogens is 3. The summed E-state index contributed by atoms with van der Waals surface area (Å²) in [7, 11) is 0. The third kappa shape index (κ3) is 3.92. The van der Waals surface area contributed by atoms with Crippen LogP contribution in [0.4, 0.5) is 4.39 Å². The van der Waals surface area contributed by atoms with Crippen molar-refractivity contribution in [1.82, 2.24) is 14.8 Å². The number of nitrogens with zero attached hydrogens (tertiary/aromatic N) is 3. The van der Waals surface area contributed by atoms with E-state index in [9.17, 15) is 4.39 Å². The lowest BCUT2D eigenvalue weighted by Gasteiger charge is -2.11. The van der Waals surface area contributed by atoms with Crippen LogP contribution in [0.5, 0.6) is 0 Å². The molecule has 140 valence electrons. The molecule has 1 heterocycles. The summed E-state index contributed by atoms with van der Waals surface area (Å²) in [5, 5.41) is 10.4. The summed E-state index contributed by atoms with van der Waals surface area (Å²) in [6.07, 6.45) is 0. The molecule has 0 saturated heterocycles. The zero-order chi connectivity index (χ0) is 19.5. The molecule has 28 heavy (non-hydrogen) atoms. The maximum Gasteiger partial charge on any atom is 0.196 e. The summed E-state index contributed by atoms with van der Waals surface area (Å²) in [6, 6.07) is 21.6. The van der Waals surface area contributed by atoms with Gasteiger partial charge in [-0.05, 0) is 42.0 Å². The van der Waals surface area contributed by atoms with Gasteiger partial charge >= 0.3 is 0 Å². The van der Waals surface area contributed by atoms with Crippen LogP contribution < -0.4 is 0 Å². The van der Waals surface area contributed by atoms with Gasteiger partial charge in [-0.25, -0.2) is 4.39 Å². The van der Waals surface area contributed by atoms with Crippen LogP contribution in [0.3, 0.4) is 0 Å². The van der Waals surface area contributed by atoms with E-state index in [4.69, 9.17) is 23.2 Å². The molecule has 3 nitrogen and oxygen atoms in total. The molecule has 0 amide bonds. The maximum absolute atomic E-state index is 14.4. The molecule has 0 aliphatic heterocycles. The van der Waals surface area contributed by atoms with Gasteiger partial charge in [-0.1, -0.05) is 71.4 Å². The Bertz CT molecular complexity index is 1120. The second kappa shape index (κ2) is 8.35. The smallest absolute Gasteiger partial charge is 0.196 e. The summed E-state index contributed by atoms with van der Waals surface area (Å²) in [4.78, 5) is 0. The van der Waals surface area contributed by atoms with Gasteiger partial charge in [-0.15, -0.1) is 10.2 Å². The van der Waals surface area contributed by atoms with Gasteiger partial charge in [0.1, 0.15) is 5.82 Å². The molecule has 0 N–H and O–H groups in total. The highest BCUT2D eigenvalue weighted by atomic mass is 35.5. The highest BCUT2D eigenvalue weighted by Gasteiger charge is 2.18. The van der Waals surface area contributed by atoms with Gasteiger partial charge < -0.3 is 0 Å². The number of rotatable bonds is 5. The third-order valence-corrected chi connectivity index (χ3v) is 5.70. The van der Waals surface area contributed by atoms with E-state index in [1.54, 1.807) is 30.3 Å². The first-order valence-corrected chi connectivity index (χ1v) is 10.2. The molecule has 0 unspecified atom stereocenters. The molecule has 0 aliphatic carbocycles. The highest BCUT2D eigenvalue weighted by Crippen LogP contribution is 2.32. The lowest BCUT2D eigenvalue weighted by molar-refractivity contribution is 0.629. The lowest BCUT2D eigenvalue weighted by atomic mass is 10.2. The molecule has 7 heteroatoms. The van der Waals surface area contributed by atoms with Crippen molar-refractivity contribution >= 4 is 35.0 Å². The van der Waals surface area contributed by atoms with Crippen LogP contribution in [0.15, 0.2) is 78.0 Å². The Balaban J connectivity index is 1.74. The second-order valence-electron chi connectivity index (χ2n) is 5.98. The Morgan fingerprint density at radius 1 is 0.893 bits per heavy atom. The van der Waals surface area contributed by atoms with Gasteiger partial charge in [0.25, 0.3) is 0 Å². The first kappa shape index (κ1) is 19.0. The maximum atomic E-state index is 14.4. The molecular weight excluding hydrogens is 416 g/mol. The fourth-order valence-electron chi connectivity index (χ4n) is 2.77. The van der Waals surface area contributed by atoms with Crippen molar-refractivity contribution in [3.8, 4) is 17.1 Å². The number of para-hydroxylation sites is 1. The van der Waals surface area contributed by atoms with Crippen molar-refractivity contribution in [3.05, 3.63) is 94.2 Å². The van der Waals surface area contributed by atoms with E-state index in [2.05, 4.69) is 10.2 Å². The minimum absolute atomic E-state index is 0.343. The summed E-state index contributed by atoms with van der Waals surface area (Å²) in [6.45, 7) is 0. The van der Waals surface area contributed by atoms with Gasteiger partial charge in [0.2, 0.25) is 0 Å². The SMILES string of the molecule is Fc1ccccc1-c1nnc(SCc2ccc(Cl)cc2Cl)n1-c1ccccc1. The Morgan fingerprint density at radius 2 is 1.64 bits per heavy atom. The number of hydrogen-bond acceptors (Lipinski definition) is 3. The average Bonchev–Trinajstić information content (AvgIpc) is 3.12. The largest absolute Gasteiger partial charge is 0.270 e. The predicted molar refractivity (Wildman–Crippen MR) is 113 cm³/mol. The van der Waals surface area contributed by atoms with E-state index >= 15 is 0 Å². The second-order valence-corrected chi connectivity index (χ2v) is 7.77. The fraction of sp³-hybridized carbons (Fsp3) is 0.0476. The molecule has 3 aromatic carbocycles. The molecule has 0 radical (unpaired) electrons. The van der Waals surface area contributed by atoms with Crippen molar-refractivity contribution in [2.75, 3.05) is 0 Å². The van der Waals surface area contributed by atoms with E-state index in [1.807, 2.05) is 41.0 Å². The van der Waals surface area contributed by atoms with Crippen LogP contribution in [-0.4, -0.2) is 14.8 Å². The molecule has 0 aliphatic rings. The minimum Gasteiger partial charge on any atom is -0.270 e. The van der Waals surface area contributed by atoms with Gasteiger partial charge in [0.15, 0.2) is 11.0 Å². The van der Waals surface area contributed by atoms with E-state index < -0.39 is 0 Å². The highest BCUT2D eigenvalue weighted by molar-refractivity contribution is 7.98. The van der Waals surface area contributed by atoms with Crippen LogP contribution in [-0.2, 0) is 5.75 Å². The number of hydrogen-bond donors (Lipinski definition) is 0. The molecule has 1 aromatic heterocycles. The summed E-state index contributed by atoms with van der Waals surface area (Å²) >= 11 is 13.7. The standard InChI is InChI=1S/C21H14Cl2FN3S/c22-15-11-10-14(18(23)12-15)13-28-21-26-25-20(17-8-4-5-9-19(17)24)27(21)16-6-2-1-3-7-16/h1-12H,13H2. The molecule has 4 rings (SSSR count). The molecule has 0 spiro atoms. The third-order valence-electron chi connectivity index (χ3n) is 4.13. The molecule has 0 bridgehead atoms. The van der Waals surface area contributed by atoms with Crippen LogP contribution in [0.1, 0.15) is 5.56 Å². The molecular formula is C21H14Cl2FN3S. The topological polar surface area (TPSA) is 30.7 Å². The van der Waals surface area contributed by atoms with E-state index in [-0.39, 0.29) is 5.82 Å². The summed E-state index contributed by atoms with van der Waals surface area (Å²) < 4.78 is 16.3. The monoisotopic (exact) mass is 429 g/mol. The Morgan fingerprint density at radius 3 is 2.39 bits per heavy atom. The van der Waals surface area contributed by atoms with Gasteiger partial charge in [-0.2, -0.15) is 0 Å². The number of benzene rings is 3. The Labute approximate surface area is 176 Å². The van der Waals surface area contributed by atoms with Gasteiger partial charge in [-0.3, -0.25) is 4.57 Å². The Kier molecular flexibility index (Phi) is 5.67. The van der Waals surface area contributed by atoms with Crippen molar-refractivity contribution in [1.29, 1.82) is 0 Å². The average molecular weight is 430 g/mol. The molecule has 0 atom stereocenters. The zero-order valence-electron chi connectivity index (χ0n) is 14.5. The zero-order valence-corrected chi connectivity index (χ0v) is 16.8.